The molecule has 0 unspecified atom stereocenters. The molecular weight excluding hydrogens is 239 g/mol. The van der Waals surface area contributed by atoms with E-state index in [2.05, 4.69) is 4.98 Å². The van der Waals surface area contributed by atoms with E-state index in [4.69, 9.17) is 5.73 Å². The van der Waals surface area contributed by atoms with Gasteiger partial charge in [-0.05, 0) is 18.2 Å². The van der Waals surface area contributed by atoms with Crippen molar-refractivity contribution in [2.45, 2.75) is 0 Å². The average molecular weight is 247 g/mol. The summed E-state index contributed by atoms with van der Waals surface area (Å²) in [7, 11) is 0. The van der Waals surface area contributed by atoms with E-state index in [0.717, 1.165) is 0 Å². The Balaban J connectivity index is 0.00000112. The summed E-state index contributed by atoms with van der Waals surface area (Å²) in [4.78, 5) is 27.0. The van der Waals surface area contributed by atoms with E-state index in [9.17, 15) is 9.59 Å². The predicted octanol–water partition coefficient (Wildman–Crippen LogP) is 0.343. The molecule has 1 radical (unpaired) electrons. The molecule has 15 heavy (non-hydrogen) atoms. The summed E-state index contributed by atoms with van der Waals surface area (Å²) in [5.41, 5.74) is 6.26. The van der Waals surface area contributed by atoms with Gasteiger partial charge in [-0.1, -0.05) is 0 Å². The van der Waals surface area contributed by atoms with Gasteiger partial charge in [0.25, 0.3) is 0 Å². The minimum absolute atomic E-state index is 0. The zero-order valence-electron chi connectivity index (χ0n) is 7.69. The number of pyridine rings is 1. The Morgan fingerprint density at radius 2 is 2.07 bits per heavy atom. The zero-order chi connectivity index (χ0) is 10.1. The fourth-order valence-electron chi connectivity index (χ4n) is 1.40. The smallest absolute Gasteiger partial charge is 0.205 e. The molecule has 0 amide bonds. The molecule has 4 nitrogen and oxygen atoms in total. The molecule has 79 valence electrons. The number of hydrogen-bond donors (Lipinski definition) is 1. The summed E-state index contributed by atoms with van der Waals surface area (Å²) in [5, 5.41) is 0. The van der Waals surface area contributed by atoms with Gasteiger partial charge in [0.2, 0.25) is 5.78 Å². The van der Waals surface area contributed by atoms with Gasteiger partial charge in [0.1, 0.15) is 5.69 Å². The van der Waals surface area contributed by atoms with E-state index in [0.29, 0.717) is 11.1 Å². The van der Waals surface area contributed by atoms with Gasteiger partial charge in [-0.3, -0.25) is 14.6 Å². The van der Waals surface area contributed by atoms with Crippen LogP contribution in [0.4, 0.5) is 0 Å². The summed E-state index contributed by atoms with van der Waals surface area (Å²) in [6, 6.07) is 3.22. The molecule has 5 heteroatoms. The average Bonchev–Trinajstić information content (AvgIpc) is 2.23. The van der Waals surface area contributed by atoms with Crippen molar-refractivity contribution in [1.29, 1.82) is 0 Å². The molecule has 1 aromatic heterocycles. The molecular formula is C10H8CoN2O2. The van der Waals surface area contributed by atoms with Gasteiger partial charge in [0.15, 0.2) is 5.78 Å². The molecule has 0 saturated carbocycles. The molecule has 2 rings (SSSR count). The van der Waals surface area contributed by atoms with Crippen LogP contribution in [0.3, 0.4) is 0 Å². The maximum Gasteiger partial charge on any atom is 0.205 e. The van der Waals surface area contributed by atoms with Crippen LogP contribution >= 0.6 is 0 Å². The second kappa shape index (κ2) is 4.48. The number of rotatable bonds is 1. The normalized spacial score (nSPS) is 14.1. The van der Waals surface area contributed by atoms with Gasteiger partial charge in [0, 0.05) is 35.1 Å². The van der Waals surface area contributed by atoms with Crippen LogP contribution in [0.25, 0.3) is 0 Å². The number of aromatic nitrogens is 1. The van der Waals surface area contributed by atoms with Crippen LogP contribution < -0.4 is 5.73 Å². The molecule has 1 heterocycles. The molecule has 0 aliphatic heterocycles. The fraction of sp³-hybridized carbons (Fsp3) is 0.100. The van der Waals surface area contributed by atoms with Gasteiger partial charge in [-0.2, -0.15) is 0 Å². The first-order chi connectivity index (χ1) is 6.74. The standard InChI is InChI=1S/C10H8N2O2.Co/c11-5-6-4-8(13)9-7(10(6)14)2-1-3-12-9;/h1-4H,5,11H2;. The molecule has 1 aliphatic rings. The van der Waals surface area contributed by atoms with Crippen LogP contribution in [-0.4, -0.2) is 23.1 Å². The van der Waals surface area contributed by atoms with Gasteiger partial charge >= 0.3 is 0 Å². The number of hydrogen-bond acceptors (Lipinski definition) is 4. The summed E-state index contributed by atoms with van der Waals surface area (Å²) in [6.07, 6.45) is 2.75. The van der Waals surface area contributed by atoms with Crippen molar-refractivity contribution in [1.82, 2.24) is 4.98 Å². The fourth-order valence-corrected chi connectivity index (χ4v) is 1.40. The van der Waals surface area contributed by atoms with E-state index >= 15 is 0 Å². The van der Waals surface area contributed by atoms with Gasteiger partial charge < -0.3 is 5.73 Å². The second-order valence-electron chi connectivity index (χ2n) is 2.97. The Hall–Kier alpha value is -1.30. The molecule has 0 aromatic carbocycles. The molecule has 0 saturated heterocycles. The Bertz CT molecular complexity index is 454. The van der Waals surface area contributed by atoms with Crippen LogP contribution in [-0.2, 0) is 16.8 Å². The van der Waals surface area contributed by atoms with Crippen LogP contribution in [0, 0.1) is 0 Å². The summed E-state index contributed by atoms with van der Waals surface area (Å²) >= 11 is 0. The Morgan fingerprint density at radius 3 is 2.73 bits per heavy atom. The SMILES string of the molecule is NCC1=CC(=O)c2ncccc2C1=O.[Co]. The van der Waals surface area contributed by atoms with Crippen molar-refractivity contribution < 1.29 is 26.4 Å². The summed E-state index contributed by atoms with van der Waals surface area (Å²) in [6.45, 7) is 0.0822. The number of nitrogens with zero attached hydrogens (tertiary/aromatic N) is 1. The molecule has 0 bridgehead atoms. The zero-order valence-corrected chi connectivity index (χ0v) is 8.73. The van der Waals surface area contributed by atoms with Crippen LogP contribution in [0.15, 0.2) is 30.0 Å². The number of carbonyl (C=O) groups is 2. The van der Waals surface area contributed by atoms with Gasteiger partial charge in [0.05, 0.1) is 5.56 Å². The monoisotopic (exact) mass is 247 g/mol. The topological polar surface area (TPSA) is 73.1 Å². The van der Waals surface area contributed by atoms with E-state index in [1.807, 2.05) is 0 Å². The first-order valence-corrected chi connectivity index (χ1v) is 4.18. The quantitative estimate of drug-likeness (QED) is 0.776. The maximum absolute atomic E-state index is 11.7. The van der Waals surface area contributed by atoms with Gasteiger partial charge in [-0.15, -0.1) is 0 Å². The van der Waals surface area contributed by atoms with Crippen molar-refractivity contribution in [2.75, 3.05) is 6.54 Å². The molecule has 0 atom stereocenters. The third-order valence-electron chi connectivity index (χ3n) is 2.10. The largest absolute Gasteiger partial charge is 0.326 e. The van der Waals surface area contributed by atoms with Crippen molar-refractivity contribution in [3.63, 3.8) is 0 Å². The minimum Gasteiger partial charge on any atom is -0.326 e. The molecule has 0 spiro atoms. The third-order valence-corrected chi connectivity index (χ3v) is 2.10. The number of fused-ring (bicyclic) bond motifs is 1. The Morgan fingerprint density at radius 1 is 1.33 bits per heavy atom. The molecule has 1 aliphatic carbocycles. The van der Waals surface area contributed by atoms with E-state index in [1.165, 1.54) is 12.3 Å². The van der Waals surface area contributed by atoms with E-state index in [1.54, 1.807) is 12.1 Å². The Kier molecular flexibility index (Phi) is 3.51. The maximum atomic E-state index is 11.7. The predicted molar refractivity (Wildman–Crippen MR) is 50.0 cm³/mol. The molecule has 0 fully saturated rings. The van der Waals surface area contributed by atoms with Crippen LogP contribution in [0.2, 0.25) is 0 Å². The Labute approximate surface area is 96.8 Å². The van der Waals surface area contributed by atoms with Crippen LogP contribution in [0.5, 0.6) is 0 Å². The third kappa shape index (κ3) is 1.89. The number of ketones is 2. The van der Waals surface area contributed by atoms with Crippen LogP contribution in [0.1, 0.15) is 20.8 Å². The number of nitrogens with two attached hydrogens (primary N) is 1. The molecule has 1 aromatic rings. The molecule has 2 N–H and O–H groups in total. The van der Waals surface area contributed by atoms with Crippen molar-refractivity contribution in [3.8, 4) is 0 Å². The minimum atomic E-state index is -0.249. The van der Waals surface area contributed by atoms with E-state index in [-0.39, 0.29) is 40.6 Å². The first-order valence-electron chi connectivity index (χ1n) is 4.18. The van der Waals surface area contributed by atoms with Crippen molar-refractivity contribution >= 4 is 11.6 Å². The second-order valence-corrected chi connectivity index (χ2v) is 2.97. The first kappa shape index (κ1) is 11.8. The van der Waals surface area contributed by atoms with E-state index < -0.39 is 0 Å². The van der Waals surface area contributed by atoms with Crippen molar-refractivity contribution in [3.05, 3.63) is 41.2 Å². The van der Waals surface area contributed by atoms with Gasteiger partial charge in [-0.25, -0.2) is 0 Å². The number of Topliss-reactive ketones (excluding diaryl/α,β-unsaturated/α-hetero) is 1. The summed E-state index contributed by atoms with van der Waals surface area (Å²) in [5.74, 6) is -0.448. The number of allylic oxidation sites excluding steroid dienone is 1. The van der Waals surface area contributed by atoms with Crippen molar-refractivity contribution in [2.24, 2.45) is 5.73 Å². The summed E-state index contributed by atoms with van der Waals surface area (Å²) < 4.78 is 0. The number of carbonyl (C=O) groups excluding carboxylic acids is 2.